The van der Waals surface area contributed by atoms with E-state index in [2.05, 4.69) is 30.7 Å². The average Bonchev–Trinajstić information content (AvgIpc) is 2.75. The van der Waals surface area contributed by atoms with Gasteiger partial charge in [-0.1, -0.05) is 6.07 Å². The Bertz CT molecular complexity index is 853. The normalized spacial score (nSPS) is 14.2. The molecule has 4 N–H and O–H groups in total. The molecule has 3 rings (SSSR count). The number of likely N-dealkylation sites (N-methyl/N-ethyl adjacent to an activating group) is 1. The maximum atomic E-state index is 11.3. The Kier molecular flexibility index (Phi) is 7.31. The Morgan fingerprint density at radius 3 is 2.93 bits per heavy atom. The summed E-state index contributed by atoms with van der Waals surface area (Å²) in [6.45, 7) is 3.90. The van der Waals surface area contributed by atoms with Crippen LogP contribution in [0.4, 0.5) is 11.6 Å². The predicted molar refractivity (Wildman–Crippen MR) is 111 cm³/mol. The lowest BCUT2D eigenvalue weighted by atomic mass is 10.2. The van der Waals surface area contributed by atoms with Crippen molar-refractivity contribution in [3.63, 3.8) is 0 Å². The van der Waals surface area contributed by atoms with Crippen LogP contribution in [0.5, 0.6) is 5.88 Å². The van der Waals surface area contributed by atoms with Gasteiger partial charge < -0.3 is 25.4 Å². The predicted octanol–water partition coefficient (Wildman–Crippen LogP) is 0.456. The summed E-state index contributed by atoms with van der Waals surface area (Å²) in [7, 11) is 1.86. The van der Waals surface area contributed by atoms with E-state index in [1.807, 2.05) is 7.05 Å². The monoisotopic (exact) mass is 399 g/mol. The Morgan fingerprint density at radius 1 is 1.34 bits per heavy atom. The van der Waals surface area contributed by atoms with Crippen molar-refractivity contribution < 1.29 is 14.3 Å². The number of hydrazone groups is 1. The summed E-state index contributed by atoms with van der Waals surface area (Å²) in [6.07, 6.45) is 1.58. The summed E-state index contributed by atoms with van der Waals surface area (Å²) in [5, 5.41) is 7.24. The summed E-state index contributed by atoms with van der Waals surface area (Å²) >= 11 is 0. The van der Waals surface area contributed by atoms with Crippen LogP contribution in [0.2, 0.25) is 0 Å². The fourth-order valence-electron chi connectivity index (χ4n) is 2.65. The van der Waals surface area contributed by atoms with Crippen molar-refractivity contribution in [3.8, 4) is 5.88 Å². The van der Waals surface area contributed by atoms with Crippen molar-refractivity contribution in [1.82, 2.24) is 15.3 Å². The number of aromatic nitrogens is 2. The van der Waals surface area contributed by atoms with E-state index in [9.17, 15) is 4.79 Å². The lowest BCUT2D eigenvalue weighted by Crippen LogP contribution is -2.37. The topological polar surface area (TPSA) is 127 Å². The number of anilines is 2. The van der Waals surface area contributed by atoms with Gasteiger partial charge in [-0.05, 0) is 25.2 Å². The van der Waals surface area contributed by atoms with E-state index in [1.165, 1.54) is 0 Å². The van der Waals surface area contributed by atoms with Crippen molar-refractivity contribution in [2.75, 3.05) is 56.8 Å². The van der Waals surface area contributed by atoms with E-state index in [0.717, 1.165) is 0 Å². The highest BCUT2D eigenvalue weighted by molar-refractivity contribution is 5.93. The van der Waals surface area contributed by atoms with E-state index in [-0.39, 0.29) is 0 Å². The largest absolute Gasteiger partial charge is 0.476 e. The Labute approximate surface area is 169 Å². The fraction of sp³-hybridized carbons (Fsp3) is 0.368. The van der Waals surface area contributed by atoms with Crippen molar-refractivity contribution in [1.29, 1.82) is 0 Å². The first-order valence-electron chi connectivity index (χ1n) is 9.34. The Hall–Kier alpha value is -3.24. The van der Waals surface area contributed by atoms with Crippen LogP contribution in [0.1, 0.15) is 16.1 Å². The summed E-state index contributed by atoms with van der Waals surface area (Å²) in [4.78, 5) is 22.4. The number of carbonyl (C=O) groups is 1. The first-order chi connectivity index (χ1) is 14.2. The smallest absolute Gasteiger partial charge is 0.248 e. The first kappa shape index (κ1) is 20.5. The second-order valence-corrected chi connectivity index (χ2v) is 6.30. The van der Waals surface area contributed by atoms with Crippen LogP contribution in [-0.2, 0) is 4.74 Å². The third kappa shape index (κ3) is 6.13. The highest BCUT2D eigenvalue weighted by Gasteiger charge is 2.16. The number of hydrogen-bond acceptors (Lipinski definition) is 9. The van der Waals surface area contributed by atoms with Crippen LogP contribution >= 0.6 is 0 Å². The molecule has 154 valence electrons. The SMILES string of the molecule is CNCCOc1cc(/C=N/Nc2cccc(C(N)=O)c2)nc(N2CCOCC2)n1. The van der Waals surface area contributed by atoms with Gasteiger partial charge in [-0.15, -0.1) is 0 Å². The van der Waals surface area contributed by atoms with Gasteiger partial charge >= 0.3 is 0 Å². The molecule has 10 heteroatoms. The van der Waals surface area contributed by atoms with Gasteiger partial charge in [0.25, 0.3) is 0 Å². The second-order valence-electron chi connectivity index (χ2n) is 6.30. The van der Waals surface area contributed by atoms with Gasteiger partial charge in [0.05, 0.1) is 30.8 Å². The zero-order valence-electron chi connectivity index (χ0n) is 16.3. The minimum absolute atomic E-state index is 0.405. The molecule has 0 unspecified atom stereocenters. The number of carbonyl (C=O) groups excluding carboxylic acids is 1. The maximum absolute atomic E-state index is 11.3. The van der Waals surface area contributed by atoms with Gasteiger partial charge in [-0.25, -0.2) is 4.98 Å². The summed E-state index contributed by atoms with van der Waals surface area (Å²) in [5.41, 5.74) is 9.82. The molecular formula is C19H25N7O3. The number of amides is 1. The average molecular weight is 399 g/mol. The molecule has 0 saturated carbocycles. The number of nitrogens with one attached hydrogen (secondary N) is 2. The van der Waals surface area contributed by atoms with Crippen LogP contribution in [-0.4, -0.2) is 68.6 Å². The molecule has 2 heterocycles. The molecule has 0 aliphatic carbocycles. The van der Waals surface area contributed by atoms with E-state index in [4.69, 9.17) is 15.2 Å². The molecule has 1 aromatic heterocycles. The van der Waals surface area contributed by atoms with Crippen molar-refractivity contribution in [2.45, 2.75) is 0 Å². The number of nitrogens with two attached hydrogens (primary N) is 1. The van der Waals surface area contributed by atoms with Crippen molar-refractivity contribution in [3.05, 3.63) is 41.6 Å². The molecular weight excluding hydrogens is 374 g/mol. The van der Waals surface area contributed by atoms with E-state index >= 15 is 0 Å². The van der Waals surface area contributed by atoms with Crippen LogP contribution in [0.15, 0.2) is 35.4 Å². The van der Waals surface area contributed by atoms with E-state index < -0.39 is 5.91 Å². The third-order valence-corrected chi connectivity index (χ3v) is 4.14. The highest BCUT2D eigenvalue weighted by atomic mass is 16.5. The molecule has 2 aromatic rings. The molecule has 29 heavy (non-hydrogen) atoms. The van der Waals surface area contributed by atoms with Crippen molar-refractivity contribution in [2.24, 2.45) is 10.8 Å². The van der Waals surface area contributed by atoms with Gasteiger partial charge in [0.2, 0.25) is 17.7 Å². The summed E-state index contributed by atoms with van der Waals surface area (Å²) in [5.74, 6) is 0.563. The molecule has 0 bridgehead atoms. The number of primary amides is 1. The molecule has 1 amide bonds. The lowest BCUT2D eigenvalue weighted by molar-refractivity contribution is 0.100. The fourth-order valence-corrected chi connectivity index (χ4v) is 2.65. The standard InChI is InChI=1S/C19H25N7O3/c1-21-5-8-29-17-12-16(23-19(24-17)26-6-9-28-10-7-26)13-22-25-15-4-2-3-14(11-15)18(20)27/h2-4,11-13,21,25H,5-10H2,1H3,(H2,20,27)/b22-13+. The zero-order valence-corrected chi connectivity index (χ0v) is 16.3. The van der Waals surface area contributed by atoms with E-state index in [0.29, 0.717) is 68.2 Å². The lowest BCUT2D eigenvalue weighted by Gasteiger charge is -2.27. The zero-order chi connectivity index (χ0) is 20.5. The molecule has 1 aromatic carbocycles. The van der Waals surface area contributed by atoms with Gasteiger partial charge in [-0.2, -0.15) is 10.1 Å². The number of hydrogen-bond donors (Lipinski definition) is 3. The van der Waals surface area contributed by atoms with Crippen LogP contribution in [0, 0.1) is 0 Å². The number of morpholine rings is 1. The van der Waals surface area contributed by atoms with Crippen LogP contribution in [0.3, 0.4) is 0 Å². The van der Waals surface area contributed by atoms with Crippen molar-refractivity contribution >= 4 is 23.8 Å². The molecule has 10 nitrogen and oxygen atoms in total. The first-order valence-corrected chi connectivity index (χ1v) is 9.34. The molecule has 1 fully saturated rings. The van der Waals surface area contributed by atoms with Gasteiger partial charge in [0.1, 0.15) is 6.61 Å². The maximum Gasteiger partial charge on any atom is 0.248 e. The Morgan fingerprint density at radius 2 is 2.17 bits per heavy atom. The number of nitrogens with zero attached hydrogens (tertiary/aromatic N) is 4. The second kappa shape index (κ2) is 10.3. The molecule has 1 aliphatic heterocycles. The van der Waals surface area contributed by atoms with Crippen LogP contribution in [0.25, 0.3) is 0 Å². The highest BCUT2D eigenvalue weighted by Crippen LogP contribution is 2.17. The molecule has 1 saturated heterocycles. The number of benzene rings is 1. The number of rotatable bonds is 9. The molecule has 0 atom stereocenters. The minimum atomic E-state index is -0.494. The number of ether oxygens (including phenoxy) is 2. The third-order valence-electron chi connectivity index (χ3n) is 4.14. The molecule has 0 spiro atoms. The Balaban J connectivity index is 1.75. The van der Waals surface area contributed by atoms with Gasteiger partial charge in [-0.3, -0.25) is 10.2 Å². The van der Waals surface area contributed by atoms with Gasteiger partial charge in [0.15, 0.2) is 0 Å². The van der Waals surface area contributed by atoms with Gasteiger partial charge in [0, 0.05) is 31.3 Å². The molecule has 0 radical (unpaired) electrons. The molecule has 1 aliphatic rings. The minimum Gasteiger partial charge on any atom is -0.476 e. The quantitative estimate of drug-likeness (QED) is 0.315. The van der Waals surface area contributed by atoms with Crippen LogP contribution < -0.4 is 26.1 Å². The summed E-state index contributed by atoms with van der Waals surface area (Å²) < 4.78 is 11.1. The van der Waals surface area contributed by atoms with E-state index in [1.54, 1.807) is 36.5 Å². The summed E-state index contributed by atoms with van der Waals surface area (Å²) in [6, 6.07) is 8.52.